The van der Waals surface area contributed by atoms with E-state index >= 15 is 0 Å². The second kappa shape index (κ2) is 4.95. The van der Waals surface area contributed by atoms with Crippen molar-refractivity contribution in [2.45, 2.75) is 13.0 Å². The molecule has 1 atom stereocenters. The zero-order valence-corrected chi connectivity index (χ0v) is 9.58. The van der Waals surface area contributed by atoms with E-state index in [0.29, 0.717) is 0 Å². The van der Waals surface area contributed by atoms with Crippen LogP contribution in [0.25, 0.3) is 0 Å². The number of amides is 1. The van der Waals surface area contributed by atoms with E-state index in [1.807, 2.05) is 0 Å². The first-order valence-electron chi connectivity index (χ1n) is 5.32. The number of aromatic nitrogens is 2. The summed E-state index contributed by atoms with van der Waals surface area (Å²) in [5, 5.41) is 9.05. The van der Waals surface area contributed by atoms with Crippen molar-refractivity contribution in [1.29, 1.82) is 0 Å². The Kier molecular flexibility index (Phi) is 3.36. The number of nitrogens with one attached hydrogen (secondary N) is 2. The lowest BCUT2D eigenvalue weighted by molar-refractivity contribution is 0.0939. The van der Waals surface area contributed by atoms with Crippen molar-refractivity contribution in [3.05, 3.63) is 53.4 Å². The number of hydrogen-bond acceptors (Lipinski definition) is 2. The van der Waals surface area contributed by atoms with Gasteiger partial charge in [0, 0.05) is 17.3 Å². The Morgan fingerprint density at radius 2 is 2.17 bits per heavy atom. The minimum atomic E-state index is -1.04. The molecular formula is C12H11F2N3O. The summed E-state index contributed by atoms with van der Waals surface area (Å²) < 4.78 is 25.7. The number of rotatable bonds is 3. The molecule has 18 heavy (non-hydrogen) atoms. The van der Waals surface area contributed by atoms with Gasteiger partial charge >= 0.3 is 0 Å². The van der Waals surface area contributed by atoms with Gasteiger partial charge < -0.3 is 5.32 Å². The van der Waals surface area contributed by atoms with Crippen molar-refractivity contribution in [3.8, 4) is 0 Å². The first kappa shape index (κ1) is 12.2. The second-order valence-electron chi connectivity index (χ2n) is 3.86. The Hall–Kier alpha value is -2.24. The summed E-state index contributed by atoms with van der Waals surface area (Å²) in [4.78, 5) is 11.8. The molecule has 0 spiro atoms. The highest BCUT2D eigenvalue weighted by molar-refractivity contribution is 5.94. The Morgan fingerprint density at radius 3 is 2.78 bits per heavy atom. The first-order chi connectivity index (χ1) is 8.58. The van der Waals surface area contributed by atoms with Gasteiger partial charge in [-0.05, 0) is 25.1 Å². The highest BCUT2D eigenvalue weighted by atomic mass is 19.2. The molecule has 0 aliphatic rings. The third-order valence-corrected chi connectivity index (χ3v) is 2.55. The summed E-state index contributed by atoms with van der Waals surface area (Å²) in [6, 6.07) is 2.75. The van der Waals surface area contributed by atoms with Gasteiger partial charge in [-0.3, -0.25) is 9.89 Å². The van der Waals surface area contributed by atoms with Crippen LogP contribution in [0.15, 0.2) is 30.6 Å². The standard InChI is InChI=1S/C12H11F2N3O/c1-7(9-5-15-16-6-9)17-12(18)8-2-3-10(13)11(14)4-8/h2-7H,1H3,(H,15,16)(H,17,18). The maximum absolute atomic E-state index is 13.0. The van der Waals surface area contributed by atoms with E-state index in [1.165, 1.54) is 6.07 Å². The average Bonchev–Trinajstić information content (AvgIpc) is 2.86. The van der Waals surface area contributed by atoms with Crippen LogP contribution in [0.3, 0.4) is 0 Å². The van der Waals surface area contributed by atoms with E-state index in [0.717, 1.165) is 17.7 Å². The zero-order valence-electron chi connectivity index (χ0n) is 9.58. The van der Waals surface area contributed by atoms with Crippen LogP contribution in [-0.4, -0.2) is 16.1 Å². The lowest BCUT2D eigenvalue weighted by Gasteiger charge is -2.12. The van der Waals surface area contributed by atoms with Crippen LogP contribution in [0, 0.1) is 11.6 Å². The van der Waals surface area contributed by atoms with Crippen LogP contribution in [-0.2, 0) is 0 Å². The largest absolute Gasteiger partial charge is 0.345 e. The number of benzene rings is 1. The Balaban J connectivity index is 2.10. The summed E-state index contributed by atoms with van der Waals surface area (Å²) in [7, 11) is 0. The molecule has 2 N–H and O–H groups in total. The highest BCUT2D eigenvalue weighted by Crippen LogP contribution is 2.12. The Labute approximate surface area is 102 Å². The molecule has 1 aromatic carbocycles. The number of carbonyl (C=O) groups is 1. The quantitative estimate of drug-likeness (QED) is 0.878. The van der Waals surface area contributed by atoms with Crippen LogP contribution in [0.1, 0.15) is 28.9 Å². The molecule has 1 aromatic heterocycles. The van der Waals surface area contributed by atoms with Crippen LogP contribution in [0.5, 0.6) is 0 Å². The van der Waals surface area contributed by atoms with E-state index in [9.17, 15) is 13.6 Å². The van der Waals surface area contributed by atoms with Gasteiger partial charge in [0.15, 0.2) is 11.6 Å². The van der Waals surface area contributed by atoms with Gasteiger partial charge in [0.05, 0.1) is 12.2 Å². The van der Waals surface area contributed by atoms with E-state index in [4.69, 9.17) is 0 Å². The smallest absolute Gasteiger partial charge is 0.251 e. The van der Waals surface area contributed by atoms with E-state index in [-0.39, 0.29) is 11.6 Å². The summed E-state index contributed by atoms with van der Waals surface area (Å²) in [5.74, 6) is -2.49. The lowest BCUT2D eigenvalue weighted by atomic mass is 10.1. The van der Waals surface area contributed by atoms with E-state index in [2.05, 4.69) is 15.5 Å². The lowest BCUT2D eigenvalue weighted by Crippen LogP contribution is -2.26. The number of aromatic amines is 1. The van der Waals surface area contributed by atoms with Crippen molar-refractivity contribution in [2.75, 3.05) is 0 Å². The van der Waals surface area contributed by atoms with Gasteiger partial charge in [0.25, 0.3) is 5.91 Å². The SMILES string of the molecule is CC(NC(=O)c1ccc(F)c(F)c1)c1cn[nH]c1. The summed E-state index contributed by atoms with van der Waals surface area (Å²) >= 11 is 0. The molecule has 0 aliphatic carbocycles. The van der Waals surface area contributed by atoms with Gasteiger partial charge in [-0.15, -0.1) is 0 Å². The molecule has 0 radical (unpaired) electrons. The van der Waals surface area contributed by atoms with Crippen LogP contribution < -0.4 is 5.32 Å². The molecule has 0 bridgehead atoms. The van der Waals surface area contributed by atoms with Crippen molar-refractivity contribution in [2.24, 2.45) is 0 Å². The molecule has 0 aliphatic heterocycles. The molecule has 6 heteroatoms. The molecule has 94 valence electrons. The van der Waals surface area contributed by atoms with Gasteiger partial charge in [0.1, 0.15) is 0 Å². The molecule has 1 unspecified atom stereocenters. The molecule has 0 saturated heterocycles. The fraction of sp³-hybridized carbons (Fsp3) is 0.167. The second-order valence-corrected chi connectivity index (χ2v) is 3.86. The number of halogens is 2. The van der Waals surface area contributed by atoms with Crippen LogP contribution in [0.2, 0.25) is 0 Å². The molecule has 2 aromatic rings. The third-order valence-electron chi connectivity index (χ3n) is 2.55. The number of carbonyl (C=O) groups excluding carboxylic acids is 1. The van der Waals surface area contributed by atoms with Crippen LogP contribution in [0.4, 0.5) is 8.78 Å². The third kappa shape index (κ3) is 2.53. The van der Waals surface area contributed by atoms with E-state index in [1.54, 1.807) is 19.3 Å². The topological polar surface area (TPSA) is 57.8 Å². The molecule has 2 rings (SSSR count). The number of H-pyrrole nitrogens is 1. The van der Waals surface area contributed by atoms with Crippen molar-refractivity contribution in [3.63, 3.8) is 0 Å². The van der Waals surface area contributed by atoms with Crippen molar-refractivity contribution in [1.82, 2.24) is 15.5 Å². The summed E-state index contributed by atoms with van der Waals surface area (Å²) in [6.07, 6.45) is 3.23. The summed E-state index contributed by atoms with van der Waals surface area (Å²) in [6.45, 7) is 1.77. The minimum absolute atomic E-state index is 0.0734. The normalized spacial score (nSPS) is 12.2. The Bertz CT molecular complexity index is 554. The molecule has 4 nitrogen and oxygen atoms in total. The maximum Gasteiger partial charge on any atom is 0.251 e. The molecule has 1 amide bonds. The number of hydrogen-bond donors (Lipinski definition) is 2. The predicted octanol–water partition coefficient (Wildman–Crippen LogP) is 2.18. The average molecular weight is 251 g/mol. The predicted molar refractivity (Wildman–Crippen MR) is 60.8 cm³/mol. The monoisotopic (exact) mass is 251 g/mol. The van der Waals surface area contributed by atoms with Crippen LogP contribution >= 0.6 is 0 Å². The van der Waals surface area contributed by atoms with Gasteiger partial charge in [-0.2, -0.15) is 5.10 Å². The van der Waals surface area contributed by atoms with Crippen molar-refractivity contribution < 1.29 is 13.6 Å². The molecule has 0 fully saturated rings. The van der Waals surface area contributed by atoms with Gasteiger partial charge in [0.2, 0.25) is 0 Å². The highest BCUT2D eigenvalue weighted by Gasteiger charge is 2.13. The fourth-order valence-electron chi connectivity index (χ4n) is 1.50. The summed E-state index contributed by atoms with van der Waals surface area (Å²) in [5.41, 5.74) is 0.871. The molecule has 0 saturated carbocycles. The molecule has 1 heterocycles. The fourth-order valence-corrected chi connectivity index (χ4v) is 1.50. The molecular weight excluding hydrogens is 240 g/mol. The van der Waals surface area contributed by atoms with Gasteiger partial charge in [-0.1, -0.05) is 0 Å². The Morgan fingerprint density at radius 1 is 1.39 bits per heavy atom. The van der Waals surface area contributed by atoms with Crippen molar-refractivity contribution >= 4 is 5.91 Å². The van der Waals surface area contributed by atoms with Gasteiger partial charge in [-0.25, -0.2) is 8.78 Å². The maximum atomic E-state index is 13.0. The number of nitrogens with zero attached hydrogens (tertiary/aromatic N) is 1. The first-order valence-corrected chi connectivity index (χ1v) is 5.32. The van der Waals surface area contributed by atoms with E-state index < -0.39 is 17.5 Å². The zero-order chi connectivity index (χ0) is 13.1. The minimum Gasteiger partial charge on any atom is -0.345 e.